The molecule has 1 amide bonds. The highest BCUT2D eigenvalue weighted by molar-refractivity contribution is 5.98. The Balaban J connectivity index is 2.33. The molecule has 1 aromatic carbocycles. The van der Waals surface area contributed by atoms with Crippen LogP contribution in [0.2, 0.25) is 0 Å². The molecule has 0 bridgehead atoms. The zero-order valence-electron chi connectivity index (χ0n) is 11.9. The monoisotopic (exact) mass is 310 g/mol. The Labute approximate surface area is 126 Å². The number of anilines is 1. The molecule has 0 saturated heterocycles. The number of benzene rings is 1. The summed E-state index contributed by atoms with van der Waals surface area (Å²) in [5.41, 5.74) is 5.53. The van der Waals surface area contributed by atoms with Crippen LogP contribution in [0.1, 0.15) is 35.2 Å². The number of alkyl halides is 3. The number of carbonyl (C=O) groups is 1. The van der Waals surface area contributed by atoms with Gasteiger partial charge in [-0.15, -0.1) is 6.58 Å². The first kappa shape index (κ1) is 16.1. The van der Waals surface area contributed by atoms with Crippen molar-refractivity contribution in [3.8, 4) is 0 Å². The average Bonchev–Trinajstić information content (AvgIpc) is 2.91. The van der Waals surface area contributed by atoms with E-state index in [9.17, 15) is 18.0 Å². The predicted molar refractivity (Wildman–Crippen MR) is 79.2 cm³/mol. The van der Waals surface area contributed by atoms with E-state index in [-0.39, 0.29) is 17.2 Å². The van der Waals surface area contributed by atoms with Crippen LogP contribution < -0.4 is 11.1 Å². The van der Waals surface area contributed by atoms with E-state index in [1.165, 1.54) is 0 Å². The largest absolute Gasteiger partial charge is 0.416 e. The minimum absolute atomic E-state index is 0.0259. The van der Waals surface area contributed by atoms with Crippen molar-refractivity contribution in [2.45, 2.75) is 25.4 Å². The fraction of sp³-hybridized carbons (Fsp3) is 0.312. The molecular formula is C16H17F3N2O. The molecule has 1 fully saturated rings. The fourth-order valence-electron chi connectivity index (χ4n) is 2.57. The van der Waals surface area contributed by atoms with E-state index in [4.69, 9.17) is 5.73 Å². The van der Waals surface area contributed by atoms with Gasteiger partial charge in [0.15, 0.2) is 0 Å². The minimum atomic E-state index is -4.48. The number of amides is 1. The SMILES string of the molecule is C=CC1CCC/C1=C/Nc1cc(C(F)(F)F)ccc1C(N)=O. The van der Waals surface area contributed by atoms with Gasteiger partial charge in [0.05, 0.1) is 16.8 Å². The first-order valence-electron chi connectivity index (χ1n) is 6.92. The third-order valence-corrected chi connectivity index (χ3v) is 3.77. The summed E-state index contributed by atoms with van der Waals surface area (Å²) < 4.78 is 38.4. The maximum atomic E-state index is 12.8. The van der Waals surface area contributed by atoms with Gasteiger partial charge in [-0.3, -0.25) is 4.79 Å². The van der Waals surface area contributed by atoms with E-state index >= 15 is 0 Å². The first-order chi connectivity index (χ1) is 10.3. The van der Waals surface area contributed by atoms with E-state index in [0.717, 1.165) is 43.0 Å². The van der Waals surface area contributed by atoms with Crippen LogP contribution in [0.4, 0.5) is 18.9 Å². The van der Waals surface area contributed by atoms with Crippen molar-refractivity contribution in [2.75, 3.05) is 5.32 Å². The molecule has 0 aliphatic heterocycles. The molecule has 22 heavy (non-hydrogen) atoms. The van der Waals surface area contributed by atoms with Crippen molar-refractivity contribution >= 4 is 11.6 Å². The number of rotatable bonds is 4. The Morgan fingerprint density at radius 1 is 1.41 bits per heavy atom. The summed E-state index contributed by atoms with van der Waals surface area (Å²) in [6.45, 7) is 3.75. The number of halogens is 3. The molecule has 1 atom stereocenters. The highest BCUT2D eigenvalue weighted by atomic mass is 19.4. The maximum absolute atomic E-state index is 12.8. The molecule has 3 N–H and O–H groups in total. The maximum Gasteiger partial charge on any atom is 0.416 e. The molecule has 1 unspecified atom stereocenters. The Bertz CT molecular complexity index is 620. The smallest absolute Gasteiger partial charge is 0.366 e. The lowest BCUT2D eigenvalue weighted by Gasteiger charge is -2.13. The lowest BCUT2D eigenvalue weighted by Crippen LogP contribution is -2.15. The van der Waals surface area contributed by atoms with Gasteiger partial charge in [0, 0.05) is 6.20 Å². The van der Waals surface area contributed by atoms with Crippen molar-refractivity contribution < 1.29 is 18.0 Å². The highest BCUT2D eigenvalue weighted by Crippen LogP contribution is 2.34. The second-order valence-corrected chi connectivity index (χ2v) is 5.22. The zero-order valence-corrected chi connectivity index (χ0v) is 11.9. The predicted octanol–water partition coefficient (Wildman–Crippen LogP) is 4.09. The fourth-order valence-corrected chi connectivity index (χ4v) is 2.57. The van der Waals surface area contributed by atoms with E-state index in [0.29, 0.717) is 0 Å². The number of carbonyl (C=O) groups excluding carboxylic acids is 1. The molecule has 2 rings (SSSR count). The van der Waals surface area contributed by atoms with Crippen LogP contribution >= 0.6 is 0 Å². The summed E-state index contributed by atoms with van der Waals surface area (Å²) >= 11 is 0. The summed E-state index contributed by atoms with van der Waals surface area (Å²) in [5.74, 6) is -0.559. The minimum Gasteiger partial charge on any atom is -0.366 e. The Morgan fingerprint density at radius 2 is 2.14 bits per heavy atom. The van der Waals surface area contributed by atoms with E-state index in [1.807, 2.05) is 6.08 Å². The van der Waals surface area contributed by atoms with Gasteiger partial charge in [-0.25, -0.2) is 0 Å². The molecule has 3 nitrogen and oxygen atoms in total. The molecule has 1 aromatic rings. The second kappa shape index (κ2) is 6.25. The lowest BCUT2D eigenvalue weighted by atomic mass is 10.0. The van der Waals surface area contributed by atoms with E-state index in [2.05, 4.69) is 11.9 Å². The van der Waals surface area contributed by atoms with Gasteiger partial charge in [-0.2, -0.15) is 13.2 Å². The lowest BCUT2D eigenvalue weighted by molar-refractivity contribution is -0.137. The number of nitrogens with one attached hydrogen (secondary N) is 1. The Morgan fingerprint density at radius 3 is 2.73 bits per heavy atom. The highest BCUT2D eigenvalue weighted by Gasteiger charge is 2.31. The van der Waals surface area contributed by atoms with Crippen molar-refractivity contribution in [1.29, 1.82) is 0 Å². The van der Waals surface area contributed by atoms with Gasteiger partial charge in [-0.05, 0) is 49.0 Å². The van der Waals surface area contributed by atoms with Gasteiger partial charge in [0.1, 0.15) is 0 Å². The van der Waals surface area contributed by atoms with Crippen molar-refractivity contribution in [3.63, 3.8) is 0 Å². The third-order valence-electron chi connectivity index (χ3n) is 3.77. The van der Waals surface area contributed by atoms with Crippen LogP contribution in [-0.4, -0.2) is 5.91 Å². The topological polar surface area (TPSA) is 55.1 Å². The standard InChI is InChI=1S/C16H17F3N2O/c1-2-10-4-3-5-11(10)9-21-14-8-12(16(17,18)19)6-7-13(14)15(20)22/h2,6-10,21H,1,3-5H2,(H2,20,22)/b11-9-. The van der Waals surface area contributed by atoms with Crippen molar-refractivity contribution in [2.24, 2.45) is 11.7 Å². The number of hydrogen-bond acceptors (Lipinski definition) is 2. The summed E-state index contributed by atoms with van der Waals surface area (Å²) in [6, 6.07) is 2.83. The van der Waals surface area contributed by atoms with Crippen LogP contribution in [0.5, 0.6) is 0 Å². The summed E-state index contributed by atoms with van der Waals surface area (Å²) in [6.07, 6.45) is 1.84. The molecule has 1 aliphatic rings. The molecule has 0 heterocycles. The van der Waals surface area contributed by atoms with Crippen LogP contribution in [0.3, 0.4) is 0 Å². The Kier molecular flexibility index (Phi) is 4.59. The average molecular weight is 310 g/mol. The summed E-state index contributed by atoms with van der Waals surface area (Å²) in [7, 11) is 0. The van der Waals surface area contributed by atoms with Crippen LogP contribution in [0.15, 0.2) is 42.6 Å². The number of nitrogens with two attached hydrogens (primary N) is 1. The molecule has 0 aromatic heterocycles. The normalized spacial score (nSPS) is 20.1. The van der Waals surface area contributed by atoms with Gasteiger partial charge in [0.2, 0.25) is 0 Å². The van der Waals surface area contributed by atoms with Crippen molar-refractivity contribution in [3.05, 3.63) is 53.8 Å². The van der Waals surface area contributed by atoms with Crippen molar-refractivity contribution in [1.82, 2.24) is 0 Å². The molecule has 118 valence electrons. The molecule has 1 saturated carbocycles. The van der Waals surface area contributed by atoms with Crippen LogP contribution in [-0.2, 0) is 6.18 Å². The molecule has 1 aliphatic carbocycles. The number of allylic oxidation sites excluding steroid dienone is 2. The van der Waals surface area contributed by atoms with Gasteiger partial charge >= 0.3 is 6.18 Å². The van der Waals surface area contributed by atoms with Gasteiger partial charge < -0.3 is 11.1 Å². The first-order valence-corrected chi connectivity index (χ1v) is 6.92. The molecule has 0 spiro atoms. The van der Waals surface area contributed by atoms with Gasteiger partial charge in [0.25, 0.3) is 5.91 Å². The summed E-state index contributed by atoms with van der Waals surface area (Å²) in [4.78, 5) is 11.4. The number of primary amides is 1. The van der Waals surface area contributed by atoms with E-state index < -0.39 is 17.6 Å². The molecule has 6 heteroatoms. The molecule has 0 radical (unpaired) electrons. The number of hydrogen-bond donors (Lipinski definition) is 2. The van der Waals surface area contributed by atoms with Crippen LogP contribution in [0.25, 0.3) is 0 Å². The zero-order chi connectivity index (χ0) is 16.3. The summed E-state index contributed by atoms with van der Waals surface area (Å²) in [5, 5.41) is 2.80. The van der Waals surface area contributed by atoms with Gasteiger partial charge in [-0.1, -0.05) is 6.08 Å². The quantitative estimate of drug-likeness (QED) is 0.823. The second-order valence-electron chi connectivity index (χ2n) is 5.22. The third kappa shape index (κ3) is 3.50. The molecular weight excluding hydrogens is 293 g/mol. The van der Waals surface area contributed by atoms with E-state index in [1.54, 1.807) is 6.20 Å². The Hall–Kier alpha value is -2.24. The van der Waals surface area contributed by atoms with Crippen LogP contribution in [0, 0.1) is 5.92 Å².